The number of amides is 1. The molecule has 0 radical (unpaired) electrons. The van der Waals surface area contributed by atoms with Crippen molar-refractivity contribution < 1.29 is 9.53 Å². The number of aromatic nitrogens is 3. The molecule has 6 aromatic rings. The van der Waals surface area contributed by atoms with Gasteiger partial charge in [0.2, 0.25) is 5.91 Å². The third-order valence-corrected chi connectivity index (χ3v) is 12.4. The molecule has 58 heavy (non-hydrogen) atoms. The Kier molecular flexibility index (Phi) is 11.9. The van der Waals surface area contributed by atoms with E-state index in [-0.39, 0.29) is 18.4 Å². The van der Waals surface area contributed by atoms with Gasteiger partial charge in [-0.3, -0.25) is 14.6 Å². The molecule has 0 saturated carbocycles. The summed E-state index contributed by atoms with van der Waals surface area (Å²) in [5.74, 6) is 1.07. The number of nitrogens with one attached hydrogen (secondary N) is 1. The molecule has 2 aliphatic heterocycles. The molecule has 2 atom stereocenters. The van der Waals surface area contributed by atoms with Crippen molar-refractivity contribution in [3.63, 3.8) is 0 Å². The van der Waals surface area contributed by atoms with Gasteiger partial charge in [-0.25, -0.2) is 4.98 Å². The number of aromatic amines is 1. The Labute approximate surface area is 351 Å². The molecular weight excluding hydrogens is 765 g/mol. The number of anilines is 1. The molecule has 300 valence electrons. The molecular formula is C47H51Cl2N7O2. The molecule has 3 aliphatic rings. The van der Waals surface area contributed by atoms with Crippen LogP contribution in [0.4, 0.5) is 5.82 Å². The minimum Gasteiger partial charge on any atom is -0.485 e. The fourth-order valence-corrected chi connectivity index (χ4v) is 9.14. The lowest BCUT2D eigenvalue weighted by Gasteiger charge is -2.40. The van der Waals surface area contributed by atoms with E-state index in [1.54, 1.807) is 18.3 Å². The first kappa shape index (κ1) is 39.8. The molecule has 1 amide bonds. The van der Waals surface area contributed by atoms with Gasteiger partial charge in [-0.15, -0.1) is 0 Å². The van der Waals surface area contributed by atoms with Crippen molar-refractivity contribution in [2.24, 2.45) is 5.92 Å². The lowest BCUT2D eigenvalue weighted by molar-refractivity contribution is -0.134. The lowest BCUT2D eigenvalue weighted by Crippen LogP contribution is -2.47. The van der Waals surface area contributed by atoms with E-state index in [0.717, 1.165) is 55.0 Å². The maximum Gasteiger partial charge on any atom is 0.230 e. The van der Waals surface area contributed by atoms with Crippen LogP contribution in [0.2, 0.25) is 10.0 Å². The Bertz CT molecular complexity index is 2430. The summed E-state index contributed by atoms with van der Waals surface area (Å²) in [6.45, 7) is 10.1. The van der Waals surface area contributed by atoms with E-state index < -0.39 is 0 Å². The molecule has 0 unspecified atom stereocenters. The zero-order chi connectivity index (χ0) is 40.3. The summed E-state index contributed by atoms with van der Waals surface area (Å²) < 4.78 is 8.20. The Morgan fingerprint density at radius 3 is 2.53 bits per heavy atom. The highest BCUT2D eigenvalue weighted by Crippen LogP contribution is 2.41. The number of halogens is 2. The standard InChI is InChI=1S/C27H26Cl2N4O.C20H25N3O/c28-22-8-5-20(25(29)15-22)18-34-26-14-21(16-31-27(26)30)19-6-9-23(10-7-19)33-13-3-4-24(33)17-32-11-1-2-12-32;1-4-23(5-2)20(24)14-9-16-15-7-6-8-17-19(15)13(11-21-17)10-18(16)22(3)12-14/h3-10,13-16H,1-2,11-12,17-18H2,(H2,30,31);6-9,11,14,18,21H,4-5,10,12H2,1-3H3/t;14-,18-/m.1/s1. The lowest BCUT2D eigenvalue weighted by atomic mass is 9.79. The monoisotopic (exact) mass is 815 g/mol. The summed E-state index contributed by atoms with van der Waals surface area (Å²) in [6, 6.07) is 26.8. The van der Waals surface area contributed by atoms with Gasteiger partial charge in [0.15, 0.2) is 11.6 Å². The molecule has 0 spiro atoms. The first-order chi connectivity index (χ1) is 28.2. The van der Waals surface area contributed by atoms with Gasteiger partial charge in [-0.2, -0.15) is 0 Å². The van der Waals surface area contributed by atoms with Gasteiger partial charge in [0.05, 0.1) is 5.92 Å². The Balaban J connectivity index is 0.000000172. The third kappa shape index (κ3) is 8.27. The Hall–Kier alpha value is -5.06. The normalized spacial score (nSPS) is 17.7. The molecule has 1 saturated heterocycles. The van der Waals surface area contributed by atoms with Crippen molar-refractivity contribution in [3.05, 3.63) is 136 Å². The number of rotatable bonds is 10. The van der Waals surface area contributed by atoms with Crippen molar-refractivity contribution >= 4 is 51.4 Å². The second-order valence-corrected chi connectivity index (χ2v) is 16.3. The fraction of sp³-hybridized carbons (Fsp3) is 0.319. The van der Waals surface area contributed by atoms with Gasteiger partial charge in [-0.1, -0.05) is 59.6 Å². The number of hydrogen-bond donors (Lipinski definition) is 2. The zero-order valence-corrected chi connectivity index (χ0v) is 34.9. The molecule has 11 heteroatoms. The van der Waals surface area contributed by atoms with E-state index in [4.69, 9.17) is 33.7 Å². The van der Waals surface area contributed by atoms with Crippen LogP contribution in [0.3, 0.4) is 0 Å². The number of carbonyl (C=O) groups is 1. The van der Waals surface area contributed by atoms with Crippen molar-refractivity contribution in [3.8, 4) is 22.6 Å². The number of nitrogen functional groups attached to an aromatic ring is 1. The third-order valence-electron chi connectivity index (χ3n) is 11.8. The van der Waals surface area contributed by atoms with Crippen LogP contribution in [0.5, 0.6) is 5.75 Å². The van der Waals surface area contributed by atoms with E-state index >= 15 is 0 Å². The fourth-order valence-electron chi connectivity index (χ4n) is 8.68. The second kappa shape index (κ2) is 17.4. The van der Waals surface area contributed by atoms with Gasteiger partial charge in [-0.05, 0) is 124 Å². The minimum atomic E-state index is -0.0445. The maximum atomic E-state index is 12.9. The predicted molar refractivity (Wildman–Crippen MR) is 237 cm³/mol. The van der Waals surface area contributed by atoms with E-state index in [1.807, 2.05) is 17.0 Å². The van der Waals surface area contributed by atoms with Crippen LogP contribution >= 0.6 is 23.2 Å². The topological polar surface area (TPSA) is 95.7 Å². The van der Waals surface area contributed by atoms with Crippen LogP contribution in [0, 0.1) is 5.92 Å². The number of benzene rings is 3. The number of nitrogens with zero attached hydrogens (tertiary/aromatic N) is 5. The summed E-state index contributed by atoms with van der Waals surface area (Å²) in [6.07, 6.45) is 11.9. The quantitative estimate of drug-likeness (QED) is 0.143. The summed E-state index contributed by atoms with van der Waals surface area (Å²) in [7, 11) is 2.15. The SMILES string of the molecule is CCN(CC)C(=O)[C@@H]1C=C2c3cccc4[nH]cc(c34)C[C@H]2N(C)C1.Nc1ncc(-c2ccc(-n3cccc3CN3CCCC3)cc2)cc1OCc1ccc(Cl)cc1Cl. The number of likely N-dealkylation sites (N-methyl/N-ethyl adjacent to an activating group) is 1. The molecule has 1 aliphatic carbocycles. The van der Waals surface area contributed by atoms with Crippen molar-refractivity contribution in [2.75, 3.05) is 45.5 Å². The summed E-state index contributed by atoms with van der Waals surface area (Å²) in [5, 5.41) is 2.48. The van der Waals surface area contributed by atoms with Crippen LogP contribution in [0.15, 0.2) is 104 Å². The molecule has 9 rings (SSSR count). The van der Waals surface area contributed by atoms with Crippen LogP contribution in [0.25, 0.3) is 33.3 Å². The molecule has 5 heterocycles. The van der Waals surface area contributed by atoms with Crippen LogP contribution in [0.1, 0.15) is 49.1 Å². The number of fused-ring (bicyclic) bond motifs is 2. The van der Waals surface area contributed by atoms with Crippen LogP contribution in [-0.2, 0) is 24.4 Å². The van der Waals surface area contributed by atoms with E-state index in [9.17, 15) is 4.79 Å². The molecule has 9 nitrogen and oxygen atoms in total. The number of carbonyl (C=O) groups excluding carboxylic acids is 1. The van der Waals surface area contributed by atoms with Crippen molar-refractivity contribution in [2.45, 2.75) is 52.3 Å². The minimum absolute atomic E-state index is 0.0445. The Morgan fingerprint density at radius 1 is 0.983 bits per heavy atom. The van der Waals surface area contributed by atoms with Gasteiger partial charge in [0.25, 0.3) is 0 Å². The van der Waals surface area contributed by atoms with E-state index in [0.29, 0.717) is 27.7 Å². The summed E-state index contributed by atoms with van der Waals surface area (Å²) in [4.78, 5) is 27.4. The molecule has 0 bridgehead atoms. The average molecular weight is 817 g/mol. The zero-order valence-electron chi connectivity index (χ0n) is 33.4. The summed E-state index contributed by atoms with van der Waals surface area (Å²) >= 11 is 12.2. The van der Waals surface area contributed by atoms with Gasteiger partial charge < -0.3 is 24.9 Å². The maximum absolute atomic E-state index is 12.9. The highest BCUT2D eigenvalue weighted by molar-refractivity contribution is 6.35. The smallest absolute Gasteiger partial charge is 0.230 e. The molecule has 3 aromatic carbocycles. The number of pyridine rings is 1. The number of likely N-dealkylation sites (tertiary alicyclic amines) is 1. The molecule has 1 fully saturated rings. The number of H-pyrrole nitrogens is 1. The molecule has 3 N–H and O–H groups in total. The van der Waals surface area contributed by atoms with Gasteiger partial charge >= 0.3 is 0 Å². The second-order valence-electron chi connectivity index (χ2n) is 15.5. The number of nitrogens with two attached hydrogens (primary N) is 1. The average Bonchev–Trinajstić information content (AvgIpc) is 4.02. The van der Waals surface area contributed by atoms with Gasteiger partial charge in [0.1, 0.15) is 6.61 Å². The van der Waals surface area contributed by atoms with Crippen LogP contribution < -0.4 is 10.5 Å². The Morgan fingerprint density at radius 2 is 1.78 bits per heavy atom. The van der Waals surface area contributed by atoms with Crippen LogP contribution in [-0.4, -0.2) is 81.0 Å². The van der Waals surface area contributed by atoms with E-state index in [2.05, 4.69) is 118 Å². The highest BCUT2D eigenvalue weighted by Gasteiger charge is 2.36. The first-order valence-corrected chi connectivity index (χ1v) is 21.1. The largest absolute Gasteiger partial charge is 0.485 e. The molecule has 3 aromatic heterocycles. The number of hydrogen-bond acceptors (Lipinski definition) is 6. The van der Waals surface area contributed by atoms with Gasteiger partial charge in [0, 0.05) is 94.3 Å². The predicted octanol–water partition coefficient (Wildman–Crippen LogP) is 9.51. The summed E-state index contributed by atoms with van der Waals surface area (Å²) in [5.41, 5.74) is 16.5. The van der Waals surface area contributed by atoms with E-state index in [1.165, 1.54) is 59.2 Å². The highest BCUT2D eigenvalue weighted by atomic mass is 35.5. The van der Waals surface area contributed by atoms with Crippen molar-refractivity contribution in [1.82, 2.24) is 29.2 Å². The number of ether oxygens (including phenoxy) is 1. The first-order valence-electron chi connectivity index (χ1n) is 20.3. The van der Waals surface area contributed by atoms with Crippen molar-refractivity contribution in [1.29, 1.82) is 0 Å².